The lowest BCUT2D eigenvalue weighted by atomic mass is 10.1. The molecule has 6 nitrogen and oxygen atoms in total. The number of benzene rings is 1. The maximum absolute atomic E-state index is 9.75. The second-order valence-corrected chi connectivity index (χ2v) is 4.88. The molecule has 1 aromatic carbocycles. The van der Waals surface area contributed by atoms with Gasteiger partial charge in [0.1, 0.15) is 30.8 Å². The van der Waals surface area contributed by atoms with Gasteiger partial charge in [-0.05, 0) is 19.2 Å². The normalized spacial score (nSPS) is 18.1. The van der Waals surface area contributed by atoms with Crippen LogP contribution in [0.3, 0.4) is 0 Å². The Morgan fingerprint density at radius 3 is 3.00 bits per heavy atom. The first-order valence-electron chi connectivity index (χ1n) is 7.06. The molecule has 0 amide bonds. The van der Waals surface area contributed by atoms with E-state index in [9.17, 15) is 5.11 Å². The molecule has 0 spiro atoms. The summed E-state index contributed by atoms with van der Waals surface area (Å²) in [6.07, 6.45) is -0.666. The average molecular weight is 297 g/mol. The number of aliphatic hydroxyl groups is 1. The van der Waals surface area contributed by atoms with Crippen LogP contribution in [-0.4, -0.2) is 58.4 Å². The molecular weight excluding hydrogens is 274 g/mol. The van der Waals surface area contributed by atoms with Crippen molar-refractivity contribution in [2.24, 2.45) is 0 Å². The number of fused-ring (bicyclic) bond motifs is 1. The van der Waals surface area contributed by atoms with E-state index in [1.807, 2.05) is 25.2 Å². The molecular formula is C15H23NO5. The fraction of sp³-hybridized carbons (Fsp3) is 0.600. The highest BCUT2D eigenvalue weighted by molar-refractivity contribution is 5.44. The zero-order valence-electron chi connectivity index (χ0n) is 12.5. The van der Waals surface area contributed by atoms with Gasteiger partial charge in [-0.1, -0.05) is 0 Å². The molecule has 118 valence electrons. The van der Waals surface area contributed by atoms with Crippen molar-refractivity contribution in [3.63, 3.8) is 0 Å². The Kier molecular flexibility index (Phi) is 6.25. The van der Waals surface area contributed by atoms with Crippen LogP contribution in [-0.2, 0) is 9.47 Å². The molecule has 2 rings (SSSR count). The van der Waals surface area contributed by atoms with Crippen LogP contribution in [0.2, 0.25) is 0 Å². The molecule has 1 aliphatic rings. The lowest BCUT2D eigenvalue weighted by Crippen LogP contribution is -2.24. The Hall–Kier alpha value is -1.34. The zero-order chi connectivity index (χ0) is 15.1. The van der Waals surface area contributed by atoms with Crippen LogP contribution in [0.15, 0.2) is 18.2 Å². The Bertz CT molecular complexity index is 440. The second-order valence-electron chi connectivity index (χ2n) is 4.88. The van der Waals surface area contributed by atoms with Gasteiger partial charge in [0, 0.05) is 18.7 Å². The number of hydrogen-bond donors (Lipinski definition) is 2. The fourth-order valence-electron chi connectivity index (χ4n) is 2.12. The number of hydrogen-bond acceptors (Lipinski definition) is 6. The van der Waals surface area contributed by atoms with Crippen molar-refractivity contribution in [3.8, 4) is 11.5 Å². The Morgan fingerprint density at radius 2 is 2.24 bits per heavy atom. The molecule has 1 heterocycles. The summed E-state index contributed by atoms with van der Waals surface area (Å²) in [5, 5.41) is 12.9. The summed E-state index contributed by atoms with van der Waals surface area (Å²) < 4.78 is 21.3. The van der Waals surface area contributed by atoms with Crippen LogP contribution in [0.1, 0.15) is 11.6 Å². The highest BCUT2D eigenvalue weighted by Crippen LogP contribution is 2.34. The van der Waals surface area contributed by atoms with Gasteiger partial charge in [-0.2, -0.15) is 0 Å². The van der Waals surface area contributed by atoms with Crippen molar-refractivity contribution in [2.75, 3.05) is 47.2 Å². The average Bonchev–Trinajstić information content (AvgIpc) is 2.91. The quantitative estimate of drug-likeness (QED) is 0.655. The predicted molar refractivity (Wildman–Crippen MR) is 77.9 cm³/mol. The molecule has 0 bridgehead atoms. The lowest BCUT2D eigenvalue weighted by molar-refractivity contribution is -0.00421. The monoisotopic (exact) mass is 297 g/mol. The van der Waals surface area contributed by atoms with Crippen molar-refractivity contribution in [1.29, 1.82) is 0 Å². The molecule has 6 heteroatoms. The first-order valence-corrected chi connectivity index (χ1v) is 7.06. The molecule has 2 unspecified atom stereocenters. The maximum Gasteiger partial charge on any atom is 0.127 e. The SMILES string of the molecule is CNC1COc2cc(OCC(O)COCCOC)ccc21. The van der Waals surface area contributed by atoms with E-state index in [1.165, 1.54) is 0 Å². The van der Waals surface area contributed by atoms with Crippen LogP contribution in [0, 0.1) is 0 Å². The van der Waals surface area contributed by atoms with Crippen LogP contribution >= 0.6 is 0 Å². The third kappa shape index (κ3) is 4.57. The Labute approximate surface area is 125 Å². The summed E-state index contributed by atoms with van der Waals surface area (Å²) >= 11 is 0. The van der Waals surface area contributed by atoms with Crippen molar-refractivity contribution >= 4 is 0 Å². The fourth-order valence-corrected chi connectivity index (χ4v) is 2.12. The van der Waals surface area contributed by atoms with E-state index in [-0.39, 0.29) is 19.3 Å². The molecule has 0 radical (unpaired) electrons. The predicted octanol–water partition coefficient (Wildman–Crippen LogP) is 0.742. The number of aliphatic hydroxyl groups excluding tert-OH is 1. The minimum Gasteiger partial charge on any atom is -0.491 e. The number of nitrogens with one attached hydrogen (secondary N) is 1. The van der Waals surface area contributed by atoms with E-state index in [0.717, 1.165) is 11.3 Å². The van der Waals surface area contributed by atoms with Crippen LogP contribution in [0.25, 0.3) is 0 Å². The topological polar surface area (TPSA) is 69.2 Å². The van der Waals surface area contributed by atoms with Crippen LogP contribution in [0.4, 0.5) is 0 Å². The van der Waals surface area contributed by atoms with Gasteiger partial charge in [0.15, 0.2) is 0 Å². The lowest BCUT2D eigenvalue weighted by Gasteiger charge is -2.13. The summed E-state index contributed by atoms with van der Waals surface area (Å²) in [4.78, 5) is 0. The van der Waals surface area contributed by atoms with Gasteiger partial charge in [0.05, 0.1) is 25.9 Å². The third-order valence-corrected chi connectivity index (χ3v) is 3.30. The maximum atomic E-state index is 9.75. The van der Waals surface area contributed by atoms with Crippen LogP contribution in [0.5, 0.6) is 11.5 Å². The van der Waals surface area contributed by atoms with E-state index >= 15 is 0 Å². The smallest absolute Gasteiger partial charge is 0.127 e. The van der Waals surface area contributed by atoms with E-state index in [1.54, 1.807) is 7.11 Å². The molecule has 2 atom stereocenters. The highest BCUT2D eigenvalue weighted by atomic mass is 16.5. The summed E-state index contributed by atoms with van der Waals surface area (Å²) in [5.74, 6) is 1.51. The molecule has 1 aromatic rings. The molecule has 0 aliphatic carbocycles. The van der Waals surface area contributed by atoms with Gasteiger partial charge in [0.25, 0.3) is 0 Å². The van der Waals surface area contributed by atoms with Gasteiger partial charge < -0.3 is 29.4 Å². The largest absolute Gasteiger partial charge is 0.491 e. The third-order valence-electron chi connectivity index (χ3n) is 3.30. The first-order chi connectivity index (χ1) is 10.2. The number of methoxy groups -OCH3 is 1. The molecule has 0 fully saturated rings. The molecule has 0 aromatic heterocycles. The van der Waals surface area contributed by atoms with Crippen molar-refractivity contribution in [1.82, 2.24) is 5.32 Å². The second kappa shape index (κ2) is 8.19. The summed E-state index contributed by atoms with van der Waals surface area (Å²) in [6, 6.07) is 5.95. The van der Waals surface area contributed by atoms with Crippen molar-refractivity contribution in [2.45, 2.75) is 12.1 Å². The number of likely N-dealkylation sites (N-methyl/N-ethyl adjacent to an activating group) is 1. The van der Waals surface area contributed by atoms with Crippen LogP contribution < -0.4 is 14.8 Å². The van der Waals surface area contributed by atoms with Gasteiger partial charge in [-0.25, -0.2) is 0 Å². The van der Waals surface area contributed by atoms with Gasteiger partial charge in [-0.3, -0.25) is 0 Å². The highest BCUT2D eigenvalue weighted by Gasteiger charge is 2.22. The summed E-state index contributed by atoms with van der Waals surface area (Å²) in [5.41, 5.74) is 1.13. The molecule has 0 saturated heterocycles. The van der Waals surface area contributed by atoms with E-state index < -0.39 is 6.10 Å². The van der Waals surface area contributed by atoms with E-state index in [4.69, 9.17) is 18.9 Å². The van der Waals surface area contributed by atoms with Crippen molar-refractivity contribution in [3.05, 3.63) is 23.8 Å². The molecule has 1 aliphatic heterocycles. The summed E-state index contributed by atoms with van der Waals surface area (Å²) in [7, 11) is 3.52. The number of rotatable bonds is 9. The molecule has 2 N–H and O–H groups in total. The minimum atomic E-state index is -0.666. The van der Waals surface area contributed by atoms with E-state index in [2.05, 4.69) is 5.32 Å². The van der Waals surface area contributed by atoms with E-state index in [0.29, 0.717) is 25.6 Å². The first kappa shape index (κ1) is 16.0. The number of ether oxygens (including phenoxy) is 4. The Morgan fingerprint density at radius 1 is 1.38 bits per heavy atom. The van der Waals surface area contributed by atoms with Gasteiger partial charge in [-0.15, -0.1) is 0 Å². The molecule has 0 saturated carbocycles. The minimum absolute atomic E-state index is 0.182. The Balaban J connectivity index is 1.76. The summed E-state index contributed by atoms with van der Waals surface area (Å²) in [6.45, 7) is 2.02. The van der Waals surface area contributed by atoms with Crippen molar-refractivity contribution < 1.29 is 24.1 Å². The molecule has 21 heavy (non-hydrogen) atoms. The van der Waals surface area contributed by atoms with Gasteiger partial charge >= 0.3 is 0 Å². The van der Waals surface area contributed by atoms with Gasteiger partial charge in [0.2, 0.25) is 0 Å². The zero-order valence-corrected chi connectivity index (χ0v) is 12.5. The standard InChI is InChI=1S/C15H23NO5/c1-16-14-10-21-15-7-12(3-4-13(14)15)20-9-11(17)8-19-6-5-18-2/h3-4,7,11,14,16-17H,5-6,8-10H2,1-2H3.